The number of nitrogens with zero attached hydrogens (tertiary/aromatic N) is 1. The summed E-state index contributed by atoms with van der Waals surface area (Å²) in [7, 11) is 3.27. The standard InChI is InChI=1S/C11H17N3O3.C9H18/c1-7(15)8-6-9(12)10(13-2)14-11(8)17-5-4-16-3;1-2-6-9-7-4-3-5-8-9/h6H,4-5,12H2,1-3H3,(H,13,14);9H,2-8H2,1H3. The number of anilines is 2. The fourth-order valence-corrected chi connectivity index (χ4v) is 3.18. The summed E-state index contributed by atoms with van der Waals surface area (Å²) < 4.78 is 10.3. The molecule has 0 radical (unpaired) electrons. The van der Waals surface area contributed by atoms with E-state index < -0.39 is 0 Å². The highest BCUT2D eigenvalue weighted by Gasteiger charge is 2.14. The summed E-state index contributed by atoms with van der Waals surface area (Å²) in [4.78, 5) is 15.6. The van der Waals surface area contributed by atoms with Crippen LogP contribution in [-0.4, -0.2) is 38.1 Å². The van der Waals surface area contributed by atoms with E-state index in [0.29, 0.717) is 30.3 Å². The van der Waals surface area contributed by atoms with Gasteiger partial charge in [-0.1, -0.05) is 51.9 Å². The number of Topliss-reactive ketones (excluding diaryl/α,β-unsaturated/α-hetero) is 1. The van der Waals surface area contributed by atoms with Crippen molar-refractivity contribution in [1.82, 2.24) is 4.98 Å². The van der Waals surface area contributed by atoms with Gasteiger partial charge in [-0.2, -0.15) is 4.98 Å². The van der Waals surface area contributed by atoms with E-state index in [-0.39, 0.29) is 11.7 Å². The zero-order valence-electron chi connectivity index (χ0n) is 16.8. The van der Waals surface area contributed by atoms with Gasteiger partial charge in [0.05, 0.1) is 17.9 Å². The van der Waals surface area contributed by atoms with E-state index in [2.05, 4.69) is 17.2 Å². The monoisotopic (exact) mass is 365 g/mol. The van der Waals surface area contributed by atoms with Crippen molar-refractivity contribution in [1.29, 1.82) is 0 Å². The molecule has 148 valence electrons. The molecule has 0 amide bonds. The molecule has 0 unspecified atom stereocenters. The minimum absolute atomic E-state index is 0.140. The van der Waals surface area contributed by atoms with E-state index in [4.69, 9.17) is 15.2 Å². The Hall–Kier alpha value is -1.82. The SMILES string of the molecule is CCCC1CCCCC1.CNc1nc(OCCOC)c(C(C)=O)cc1N. The fourth-order valence-electron chi connectivity index (χ4n) is 3.18. The van der Waals surface area contributed by atoms with Crippen LogP contribution in [0.15, 0.2) is 6.07 Å². The highest BCUT2D eigenvalue weighted by molar-refractivity contribution is 5.97. The molecule has 0 aromatic carbocycles. The van der Waals surface area contributed by atoms with Gasteiger partial charge in [-0.25, -0.2) is 0 Å². The molecular weight excluding hydrogens is 330 g/mol. The average molecular weight is 366 g/mol. The van der Waals surface area contributed by atoms with Crippen LogP contribution in [0.3, 0.4) is 0 Å². The van der Waals surface area contributed by atoms with Crippen molar-refractivity contribution in [3.8, 4) is 5.88 Å². The molecule has 1 aromatic rings. The molecule has 0 spiro atoms. The first-order valence-electron chi connectivity index (χ1n) is 9.64. The number of hydrogen-bond donors (Lipinski definition) is 2. The van der Waals surface area contributed by atoms with E-state index in [0.717, 1.165) is 5.92 Å². The zero-order valence-corrected chi connectivity index (χ0v) is 16.8. The van der Waals surface area contributed by atoms with Crippen LogP contribution >= 0.6 is 0 Å². The summed E-state index contributed by atoms with van der Waals surface area (Å²) in [5, 5.41) is 2.83. The number of nitrogen functional groups attached to an aromatic ring is 1. The molecule has 26 heavy (non-hydrogen) atoms. The second kappa shape index (κ2) is 12.5. The minimum atomic E-state index is -0.140. The number of aromatic nitrogens is 1. The molecule has 0 saturated heterocycles. The molecule has 1 aliphatic rings. The maximum absolute atomic E-state index is 11.4. The van der Waals surface area contributed by atoms with Gasteiger partial charge >= 0.3 is 0 Å². The van der Waals surface area contributed by atoms with Crippen LogP contribution in [0.4, 0.5) is 11.5 Å². The Labute approximate surface area is 157 Å². The maximum atomic E-state index is 11.4. The van der Waals surface area contributed by atoms with E-state index >= 15 is 0 Å². The van der Waals surface area contributed by atoms with E-state index in [1.807, 2.05) is 0 Å². The second-order valence-electron chi connectivity index (χ2n) is 6.72. The van der Waals surface area contributed by atoms with Crippen LogP contribution in [0.5, 0.6) is 5.88 Å². The van der Waals surface area contributed by atoms with Crippen molar-refractivity contribution in [2.24, 2.45) is 5.92 Å². The summed E-state index contributed by atoms with van der Waals surface area (Å²) in [5.41, 5.74) is 6.52. The predicted octanol–water partition coefficient (Wildman–Crippen LogP) is 4.30. The lowest BCUT2D eigenvalue weighted by atomic mass is 9.86. The molecule has 0 bridgehead atoms. The summed E-state index contributed by atoms with van der Waals surface area (Å²) in [5.74, 6) is 1.72. The highest BCUT2D eigenvalue weighted by atomic mass is 16.5. The van der Waals surface area contributed by atoms with Gasteiger partial charge < -0.3 is 20.5 Å². The Morgan fingerprint density at radius 2 is 2.00 bits per heavy atom. The van der Waals surface area contributed by atoms with Crippen molar-refractivity contribution < 1.29 is 14.3 Å². The van der Waals surface area contributed by atoms with Gasteiger partial charge in [-0.15, -0.1) is 0 Å². The van der Waals surface area contributed by atoms with E-state index in [9.17, 15) is 4.79 Å². The van der Waals surface area contributed by atoms with Gasteiger partial charge in [0.25, 0.3) is 0 Å². The fraction of sp³-hybridized carbons (Fsp3) is 0.700. The molecule has 1 heterocycles. The molecular formula is C20H35N3O3. The van der Waals surface area contributed by atoms with Crippen molar-refractivity contribution in [3.05, 3.63) is 11.6 Å². The molecule has 0 atom stereocenters. The summed E-state index contributed by atoms with van der Waals surface area (Å²) >= 11 is 0. The number of hydrogen-bond acceptors (Lipinski definition) is 6. The lowest BCUT2D eigenvalue weighted by Crippen LogP contribution is -2.11. The molecule has 6 heteroatoms. The van der Waals surface area contributed by atoms with Gasteiger partial charge in [0.2, 0.25) is 5.88 Å². The first-order valence-corrected chi connectivity index (χ1v) is 9.64. The van der Waals surface area contributed by atoms with Crippen LogP contribution < -0.4 is 15.8 Å². The van der Waals surface area contributed by atoms with Crippen LogP contribution in [0.2, 0.25) is 0 Å². The quantitative estimate of drug-likeness (QED) is 0.527. The largest absolute Gasteiger partial charge is 0.475 e. The first kappa shape index (κ1) is 22.2. The number of rotatable bonds is 8. The molecule has 1 aliphatic carbocycles. The van der Waals surface area contributed by atoms with Crippen molar-refractivity contribution >= 4 is 17.3 Å². The molecule has 0 aliphatic heterocycles. The number of nitrogens with two attached hydrogens (primary N) is 1. The average Bonchev–Trinajstić information content (AvgIpc) is 2.64. The maximum Gasteiger partial charge on any atom is 0.226 e. The number of carbonyl (C=O) groups excluding carboxylic acids is 1. The van der Waals surface area contributed by atoms with Crippen LogP contribution in [0.25, 0.3) is 0 Å². The second-order valence-corrected chi connectivity index (χ2v) is 6.72. The number of ether oxygens (including phenoxy) is 2. The molecule has 6 nitrogen and oxygen atoms in total. The van der Waals surface area contributed by atoms with Crippen LogP contribution in [0, 0.1) is 5.92 Å². The molecule has 3 N–H and O–H groups in total. The van der Waals surface area contributed by atoms with Gasteiger partial charge in [-0.3, -0.25) is 4.79 Å². The lowest BCUT2D eigenvalue weighted by Gasteiger charge is -2.20. The van der Waals surface area contributed by atoms with Crippen molar-refractivity contribution in [3.63, 3.8) is 0 Å². The van der Waals surface area contributed by atoms with Crippen molar-refractivity contribution in [2.75, 3.05) is 38.4 Å². The van der Waals surface area contributed by atoms with E-state index in [1.54, 1.807) is 20.2 Å². The number of pyridine rings is 1. The van der Waals surface area contributed by atoms with Gasteiger partial charge in [0, 0.05) is 14.2 Å². The molecule has 1 fully saturated rings. The molecule has 2 rings (SSSR count). The lowest BCUT2D eigenvalue weighted by molar-refractivity contribution is 0.100. The Morgan fingerprint density at radius 1 is 1.31 bits per heavy atom. The van der Waals surface area contributed by atoms with Gasteiger partial charge in [-0.05, 0) is 18.9 Å². The van der Waals surface area contributed by atoms with Crippen LogP contribution in [-0.2, 0) is 4.74 Å². The molecule has 1 aromatic heterocycles. The number of nitrogens with one attached hydrogen (secondary N) is 1. The van der Waals surface area contributed by atoms with Gasteiger partial charge in [0.15, 0.2) is 11.6 Å². The highest BCUT2D eigenvalue weighted by Crippen LogP contribution is 2.27. The number of ketones is 1. The van der Waals surface area contributed by atoms with E-state index in [1.165, 1.54) is 51.9 Å². The Balaban J connectivity index is 0.000000314. The first-order chi connectivity index (χ1) is 12.5. The third-order valence-electron chi connectivity index (χ3n) is 4.58. The normalized spacial score (nSPS) is 14.3. The predicted molar refractivity (Wildman–Crippen MR) is 107 cm³/mol. The Kier molecular flexibility index (Phi) is 10.7. The number of methoxy groups -OCH3 is 1. The summed E-state index contributed by atoms with van der Waals surface area (Å²) in [6.07, 6.45) is 10.4. The summed E-state index contributed by atoms with van der Waals surface area (Å²) in [6, 6.07) is 1.56. The summed E-state index contributed by atoms with van der Waals surface area (Å²) in [6.45, 7) is 4.50. The smallest absolute Gasteiger partial charge is 0.226 e. The Morgan fingerprint density at radius 3 is 2.54 bits per heavy atom. The van der Waals surface area contributed by atoms with Crippen molar-refractivity contribution in [2.45, 2.75) is 58.8 Å². The van der Waals surface area contributed by atoms with Gasteiger partial charge in [0.1, 0.15) is 6.61 Å². The Bertz CT molecular complexity index is 541. The zero-order chi connectivity index (χ0) is 19.4. The molecule has 1 saturated carbocycles. The third-order valence-corrected chi connectivity index (χ3v) is 4.58. The third kappa shape index (κ3) is 7.60. The van der Waals surface area contributed by atoms with Crippen LogP contribution in [0.1, 0.15) is 69.2 Å². The minimum Gasteiger partial charge on any atom is -0.475 e. The number of carbonyl (C=O) groups is 1. The topological polar surface area (TPSA) is 86.5 Å².